The molecule has 0 aliphatic heterocycles. The number of carbonyl (C=O) groups excluding carboxylic acids is 1. The molecule has 1 rings (SSSR count). The Morgan fingerprint density at radius 3 is 1.47 bits per heavy atom. The molecule has 94 valence electrons. The fourth-order valence-electron chi connectivity index (χ4n) is 1.61. The molecule has 0 aromatic heterocycles. The van der Waals surface area contributed by atoms with Crippen molar-refractivity contribution in [1.29, 1.82) is 0 Å². The van der Waals surface area contributed by atoms with Gasteiger partial charge in [0.15, 0.2) is 0 Å². The monoisotopic (exact) mass is 284 g/mol. The van der Waals surface area contributed by atoms with Crippen LogP contribution in [0.3, 0.4) is 0 Å². The first-order valence-electron chi connectivity index (χ1n) is 5.88. The van der Waals surface area contributed by atoms with Gasteiger partial charge in [-0.25, -0.2) is 0 Å². The van der Waals surface area contributed by atoms with E-state index >= 15 is 0 Å². The van der Waals surface area contributed by atoms with Crippen LogP contribution < -0.4 is 10.4 Å². The van der Waals surface area contributed by atoms with Crippen LogP contribution in [0.5, 0.6) is 0 Å². The lowest BCUT2D eigenvalue weighted by Gasteiger charge is -2.23. The van der Waals surface area contributed by atoms with Crippen molar-refractivity contribution in [3.63, 3.8) is 0 Å². The Balaban J connectivity index is 3.45. The van der Waals surface area contributed by atoms with Crippen LogP contribution in [-0.2, 0) is 0 Å². The second-order valence-electron chi connectivity index (χ2n) is 6.57. The second kappa shape index (κ2) is 4.71. The molecule has 0 spiro atoms. The van der Waals surface area contributed by atoms with E-state index in [-0.39, 0.29) is 5.24 Å². The fraction of sp³-hybridized carbons (Fsp3) is 0.462. The largest absolute Gasteiger partial charge is 0.276 e. The van der Waals surface area contributed by atoms with Crippen LogP contribution >= 0.6 is 11.6 Å². The molecule has 0 heterocycles. The number of halogens is 1. The lowest BCUT2D eigenvalue weighted by Crippen LogP contribution is -2.45. The number of hydrogen-bond donors (Lipinski definition) is 0. The van der Waals surface area contributed by atoms with E-state index in [1.807, 2.05) is 12.1 Å². The van der Waals surface area contributed by atoms with E-state index in [4.69, 9.17) is 11.6 Å². The van der Waals surface area contributed by atoms with Crippen molar-refractivity contribution in [3.8, 4) is 0 Å². The normalized spacial score (nSPS) is 12.6. The number of rotatable bonds is 3. The summed E-state index contributed by atoms with van der Waals surface area (Å²) in [5.74, 6) is 0. The Bertz CT molecular complexity index is 409. The molecule has 1 aromatic rings. The van der Waals surface area contributed by atoms with Crippen LogP contribution in [0, 0.1) is 0 Å². The van der Waals surface area contributed by atoms with Gasteiger partial charge in [-0.1, -0.05) is 67.9 Å². The van der Waals surface area contributed by atoms with E-state index in [1.165, 1.54) is 10.4 Å². The zero-order valence-corrected chi connectivity index (χ0v) is 14.3. The van der Waals surface area contributed by atoms with Crippen LogP contribution in [0.2, 0.25) is 39.3 Å². The maximum atomic E-state index is 11.4. The van der Waals surface area contributed by atoms with Gasteiger partial charge in [0, 0.05) is 5.56 Å². The van der Waals surface area contributed by atoms with Crippen LogP contribution in [0.15, 0.2) is 18.2 Å². The summed E-state index contributed by atoms with van der Waals surface area (Å²) in [7, 11) is -2.82. The van der Waals surface area contributed by atoms with Crippen LogP contribution in [0.25, 0.3) is 0 Å². The average Bonchev–Trinajstić information content (AvgIpc) is 2.14. The van der Waals surface area contributed by atoms with Gasteiger partial charge in [0.05, 0.1) is 16.1 Å². The smallest absolute Gasteiger partial charge is 0.252 e. The minimum Gasteiger partial charge on any atom is -0.276 e. The molecule has 0 aliphatic rings. The van der Waals surface area contributed by atoms with Gasteiger partial charge >= 0.3 is 0 Å². The predicted molar refractivity (Wildman–Crippen MR) is 82.6 cm³/mol. The average molecular weight is 285 g/mol. The first-order valence-corrected chi connectivity index (χ1v) is 13.3. The van der Waals surface area contributed by atoms with Crippen LogP contribution in [-0.4, -0.2) is 21.4 Å². The maximum Gasteiger partial charge on any atom is 0.252 e. The predicted octanol–water partition coefficient (Wildman–Crippen LogP) is 3.16. The van der Waals surface area contributed by atoms with Crippen molar-refractivity contribution in [2.75, 3.05) is 0 Å². The van der Waals surface area contributed by atoms with Crippen molar-refractivity contribution in [2.45, 2.75) is 39.3 Å². The highest BCUT2D eigenvalue weighted by molar-refractivity contribution is 6.91. The zero-order valence-electron chi connectivity index (χ0n) is 11.5. The minimum atomic E-state index is -1.41. The van der Waals surface area contributed by atoms with Crippen molar-refractivity contribution in [2.24, 2.45) is 0 Å². The molecule has 0 N–H and O–H groups in total. The highest BCUT2D eigenvalue weighted by Crippen LogP contribution is 2.10. The highest BCUT2D eigenvalue weighted by Gasteiger charge is 2.23. The molecule has 0 saturated heterocycles. The van der Waals surface area contributed by atoms with Gasteiger partial charge < -0.3 is 0 Å². The standard InChI is InChI=1S/C13H21ClOSi2/c1-16(2,3)11-7-10(13(14)15)8-12(9-11)17(4,5)6/h7-9H,1-6H3. The number of hydrogen-bond acceptors (Lipinski definition) is 1. The molecular weight excluding hydrogens is 264 g/mol. The fourth-order valence-corrected chi connectivity index (χ4v) is 4.21. The topological polar surface area (TPSA) is 17.1 Å². The maximum absolute atomic E-state index is 11.4. The molecule has 0 unspecified atom stereocenters. The molecule has 4 heteroatoms. The lowest BCUT2D eigenvalue weighted by atomic mass is 10.2. The van der Waals surface area contributed by atoms with Gasteiger partial charge in [0.2, 0.25) is 0 Å². The van der Waals surface area contributed by atoms with Gasteiger partial charge in [-0.15, -0.1) is 0 Å². The Morgan fingerprint density at radius 1 is 0.882 bits per heavy atom. The summed E-state index contributed by atoms with van der Waals surface area (Å²) >= 11 is 5.64. The Kier molecular flexibility index (Phi) is 4.06. The van der Waals surface area contributed by atoms with E-state index in [9.17, 15) is 4.79 Å². The Morgan fingerprint density at radius 2 is 1.24 bits per heavy atom. The summed E-state index contributed by atoms with van der Waals surface area (Å²) in [4.78, 5) is 11.4. The first kappa shape index (κ1) is 14.7. The molecule has 1 aromatic carbocycles. The quantitative estimate of drug-likeness (QED) is 0.616. The summed E-state index contributed by atoms with van der Waals surface area (Å²) in [6.07, 6.45) is 0. The van der Waals surface area contributed by atoms with Gasteiger partial charge in [-0.3, -0.25) is 4.79 Å². The summed E-state index contributed by atoms with van der Waals surface area (Å²) in [6.45, 7) is 13.7. The third kappa shape index (κ3) is 3.80. The zero-order chi connectivity index (χ0) is 13.4. The molecule has 0 amide bonds. The molecule has 0 saturated carbocycles. The molecule has 0 fully saturated rings. The van der Waals surface area contributed by atoms with E-state index in [2.05, 4.69) is 45.3 Å². The highest BCUT2D eigenvalue weighted by atomic mass is 35.5. The van der Waals surface area contributed by atoms with Crippen molar-refractivity contribution >= 4 is 43.4 Å². The Hall–Kier alpha value is -0.386. The SMILES string of the molecule is C[Si](C)(C)c1cc(C(=O)Cl)cc([Si](C)(C)C)c1. The van der Waals surface area contributed by atoms with Crippen molar-refractivity contribution in [3.05, 3.63) is 23.8 Å². The van der Waals surface area contributed by atoms with Crippen LogP contribution in [0.4, 0.5) is 0 Å². The van der Waals surface area contributed by atoms with Crippen LogP contribution in [0.1, 0.15) is 10.4 Å². The molecule has 0 radical (unpaired) electrons. The summed E-state index contributed by atoms with van der Waals surface area (Å²) in [5, 5.41) is 2.30. The van der Waals surface area contributed by atoms with Gasteiger partial charge in [-0.05, 0) is 11.6 Å². The number of carbonyl (C=O) groups is 1. The number of benzene rings is 1. The summed E-state index contributed by atoms with van der Waals surface area (Å²) in [6, 6.07) is 6.25. The lowest BCUT2D eigenvalue weighted by molar-refractivity contribution is 0.108. The van der Waals surface area contributed by atoms with E-state index in [0.717, 1.165) is 0 Å². The van der Waals surface area contributed by atoms with Gasteiger partial charge in [0.1, 0.15) is 0 Å². The first-order chi connectivity index (χ1) is 7.51. The summed E-state index contributed by atoms with van der Waals surface area (Å²) in [5.41, 5.74) is 0.656. The molecular formula is C13H21ClOSi2. The van der Waals surface area contributed by atoms with E-state index in [1.54, 1.807) is 0 Å². The Labute approximate surface area is 111 Å². The third-order valence-corrected chi connectivity index (χ3v) is 7.15. The third-order valence-electron chi connectivity index (χ3n) is 2.89. The molecule has 17 heavy (non-hydrogen) atoms. The minimum absolute atomic E-state index is 0.343. The van der Waals surface area contributed by atoms with Gasteiger partial charge in [-0.2, -0.15) is 0 Å². The van der Waals surface area contributed by atoms with Gasteiger partial charge in [0.25, 0.3) is 5.24 Å². The second-order valence-corrected chi connectivity index (χ2v) is 17.1. The molecule has 1 nitrogen and oxygen atoms in total. The summed E-state index contributed by atoms with van der Waals surface area (Å²) < 4.78 is 0. The molecule has 0 atom stereocenters. The van der Waals surface area contributed by atoms with Crippen molar-refractivity contribution in [1.82, 2.24) is 0 Å². The molecule has 0 bridgehead atoms. The van der Waals surface area contributed by atoms with Crippen molar-refractivity contribution < 1.29 is 4.79 Å². The van der Waals surface area contributed by atoms with E-state index in [0.29, 0.717) is 5.56 Å². The molecule has 0 aliphatic carbocycles. The van der Waals surface area contributed by atoms with E-state index < -0.39 is 16.1 Å².